The fourth-order valence-corrected chi connectivity index (χ4v) is 4.79. The van der Waals surface area contributed by atoms with E-state index in [4.69, 9.17) is 19.9 Å². The third kappa shape index (κ3) is 5.52. The Morgan fingerprint density at radius 1 is 1.12 bits per heavy atom. The monoisotopic (exact) mass is 586 g/mol. The summed E-state index contributed by atoms with van der Waals surface area (Å²) in [6.07, 6.45) is -2.57. The molecule has 4 atom stereocenters. The van der Waals surface area contributed by atoms with Crippen molar-refractivity contribution in [3.8, 4) is 0 Å². The Bertz CT molecular complexity index is 1710. The molecule has 4 aromatic rings. The average Bonchev–Trinajstić information content (AvgIpc) is 3.53. The van der Waals surface area contributed by atoms with Crippen LogP contribution in [0.25, 0.3) is 11.2 Å². The Hall–Kier alpha value is -4.67. The molecule has 3 heterocycles. The largest absolute Gasteiger partial charge is 0.459 e. The number of fused-ring (bicyclic) bond motifs is 1. The summed E-state index contributed by atoms with van der Waals surface area (Å²) in [5, 5.41) is 14.1. The number of esters is 2. The summed E-state index contributed by atoms with van der Waals surface area (Å²) in [5.41, 5.74) is 7.02. The van der Waals surface area contributed by atoms with E-state index in [1.165, 1.54) is 17.2 Å². The molecule has 0 aliphatic carbocycles. The minimum absolute atomic E-state index is 0.0686. The zero-order valence-corrected chi connectivity index (χ0v) is 22.1. The maximum absolute atomic E-state index is 13.2. The highest BCUT2D eigenvalue weighted by atomic mass is 32.3. The Morgan fingerprint density at radius 3 is 2.56 bits per heavy atom. The van der Waals surface area contributed by atoms with Gasteiger partial charge in [0.25, 0.3) is 0 Å². The topological polar surface area (TPSA) is 198 Å². The van der Waals surface area contributed by atoms with Crippen LogP contribution in [0.3, 0.4) is 0 Å². The second kappa shape index (κ2) is 11.1. The molecular formula is C25H23FN6O8S. The first-order valence-corrected chi connectivity index (χ1v) is 13.4. The molecule has 0 saturated carbocycles. The molecule has 4 N–H and O–H groups in total. The van der Waals surface area contributed by atoms with Crippen LogP contribution in [0, 0.1) is 0 Å². The van der Waals surface area contributed by atoms with Crippen molar-refractivity contribution in [2.75, 3.05) is 24.7 Å². The van der Waals surface area contributed by atoms with Gasteiger partial charge in [-0.05, 0) is 36.4 Å². The van der Waals surface area contributed by atoms with Crippen molar-refractivity contribution < 1.29 is 41.2 Å². The molecule has 1 aliphatic heterocycles. The molecule has 16 heteroatoms. The number of aliphatic hydroxyl groups is 1. The fraction of sp³-hybridized carbons (Fsp3) is 0.240. The number of aliphatic hydroxyl groups excluding tert-OH is 1. The molecular weight excluding hydrogens is 563 g/mol. The van der Waals surface area contributed by atoms with Crippen molar-refractivity contribution in [1.29, 1.82) is 0 Å². The zero-order valence-electron chi connectivity index (χ0n) is 21.2. The summed E-state index contributed by atoms with van der Waals surface area (Å²) in [5.74, 6) is -1.55. The van der Waals surface area contributed by atoms with E-state index in [0.29, 0.717) is 5.69 Å². The summed E-state index contributed by atoms with van der Waals surface area (Å²) in [4.78, 5) is 37.4. The number of imidazole rings is 1. The number of hydrogen-bond donors (Lipinski definition) is 3. The third-order valence-electron chi connectivity index (χ3n) is 6.38. The van der Waals surface area contributed by atoms with Gasteiger partial charge in [-0.3, -0.25) is 4.57 Å². The lowest BCUT2D eigenvalue weighted by Crippen LogP contribution is -2.37. The number of carbonyl (C=O) groups is 2. The molecule has 214 valence electrons. The first kappa shape index (κ1) is 27.9. The summed E-state index contributed by atoms with van der Waals surface area (Å²) in [7, 11) is -3.30. The van der Waals surface area contributed by atoms with Crippen molar-refractivity contribution >= 4 is 44.8 Å². The maximum atomic E-state index is 13.2. The first-order chi connectivity index (χ1) is 19.6. The van der Waals surface area contributed by atoms with Crippen LogP contribution in [0.1, 0.15) is 26.9 Å². The van der Waals surface area contributed by atoms with Crippen LogP contribution in [0.5, 0.6) is 0 Å². The molecule has 0 unspecified atom stereocenters. The predicted molar refractivity (Wildman–Crippen MR) is 140 cm³/mol. The van der Waals surface area contributed by atoms with E-state index >= 15 is 0 Å². The third-order valence-corrected chi connectivity index (χ3v) is 7.22. The van der Waals surface area contributed by atoms with E-state index in [2.05, 4.69) is 20.3 Å². The molecule has 0 spiro atoms. The van der Waals surface area contributed by atoms with Gasteiger partial charge in [0, 0.05) is 12.7 Å². The van der Waals surface area contributed by atoms with Crippen LogP contribution in [0.2, 0.25) is 0 Å². The minimum atomic E-state index is -4.94. The van der Waals surface area contributed by atoms with Gasteiger partial charge >= 0.3 is 22.2 Å². The number of nitrogens with one attached hydrogen (secondary N) is 1. The molecule has 0 amide bonds. The Balaban J connectivity index is 1.39. The first-order valence-electron chi connectivity index (χ1n) is 12.0. The number of nitrogens with zero attached hydrogens (tertiary/aromatic N) is 4. The van der Waals surface area contributed by atoms with Crippen LogP contribution in [0.15, 0.2) is 66.1 Å². The van der Waals surface area contributed by atoms with Crippen LogP contribution in [0.4, 0.5) is 15.4 Å². The van der Waals surface area contributed by atoms with E-state index in [1.807, 2.05) is 0 Å². The van der Waals surface area contributed by atoms with Gasteiger partial charge in [-0.25, -0.2) is 24.5 Å². The Labute approximate surface area is 232 Å². The minimum Gasteiger partial charge on any atom is -0.459 e. The number of nitrogen functional groups attached to an aromatic ring is 1. The molecule has 14 nitrogen and oxygen atoms in total. The van der Waals surface area contributed by atoms with Gasteiger partial charge in [-0.1, -0.05) is 12.1 Å². The van der Waals surface area contributed by atoms with Crippen molar-refractivity contribution in [2.24, 2.45) is 0 Å². The lowest BCUT2D eigenvalue weighted by molar-refractivity contribution is -0.0601. The van der Waals surface area contributed by atoms with Crippen molar-refractivity contribution in [3.05, 3.63) is 72.3 Å². The molecule has 5 rings (SSSR count). The van der Waals surface area contributed by atoms with E-state index in [-0.39, 0.29) is 28.1 Å². The fourth-order valence-electron chi connectivity index (χ4n) is 4.32. The Morgan fingerprint density at radius 2 is 1.85 bits per heavy atom. The van der Waals surface area contributed by atoms with Crippen molar-refractivity contribution in [2.45, 2.75) is 29.4 Å². The molecule has 0 bridgehead atoms. The summed E-state index contributed by atoms with van der Waals surface area (Å²) < 4.78 is 53.6. The van der Waals surface area contributed by atoms with E-state index in [1.54, 1.807) is 31.3 Å². The second-order valence-corrected chi connectivity index (χ2v) is 10.2. The second-order valence-electron chi connectivity index (χ2n) is 8.86. The Kier molecular flexibility index (Phi) is 7.53. The zero-order chi connectivity index (χ0) is 29.3. The highest BCUT2D eigenvalue weighted by Crippen LogP contribution is 2.35. The molecule has 1 saturated heterocycles. The molecule has 0 radical (unpaired) electrons. The van der Waals surface area contributed by atoms with Crippen LogP contribution < -0.4 is 11.1 Å². The number of nitrogens with two attached hydrogens (primary N) is 1. The normalized spacial score (nSPS) is 20.6. The smallest absolute Gasteiger partial charge is 0.340 e. The van der Waals surface area contributed by atoms with E-state index in [9.17, 15) is 27.0 Å². The number of benzene rings is 2. The lowest BCUT2D eigenvalue weighted by Gasteiger charge is -2.22. The van der Waals surface area contributed by atoms with Gasteiger partial charge in [0.05, 0.1) is 22.3 Å². The van der Waals surface area contributed by atoms with Crippen LogP contribution in [-0.4, -0.2) is 76.9 Å². The number of para-hydroxylation sites is 1. The van der Waals surface area contributed by atoms with Crippen molar-refractivity contribution in [1.82, 2.24) is 19.5 Å². The van der Waals surface area contributed by atoms with Gasteiger partial charge in [0.15, 0.2) is 23.8 Å². The number of halogens is 1. The summed E-state index contributed by atoms with van der Waals surface area (Å²) >= 11 is 0. The van der Waals surface area contributed by atoms with Gasteiger partial charge < -0.3 is 30.4 Å². The summed E-state index contributed by atoms with van der Waals surface area (Å²) in [6.45, 7) is -0.482. The van der Waals surface area contributed by atoms with Gasteiger partial charge in [-0.2, -0.15) is 8.42 Å². The number of aromatic nitrogens is 4. The standard InChI is InChI=1S/C25H23FN6O8S/c1-28-16-5-3-2-4-15(16)25(35)40-20-19(33)17(10-38-24(34)13-6-8-14(9-7-13)41(26,36)37)39-23(20)32-12-31-18-21(27)29-11-30-22(18)32/h2-9,11-12,17,19-20,23,28,33H,10H2,1H3,(H2,27,29,30)/t17-,19-,20-,23-/m1/s1. The maximum Gasteiger partial charge on any atom is 0.340 e. The molecule has 41 heavy (non-hydrogen) atoms. The van der Waals surface area contributed by atoms with E-state index < -0.39 is 58.2 Å². The van der Waals surface area contributed by atoms with Crippen molar-refractivity contribution in [3.63, 3.8) is 0 Å². The molecule has 1 fully saturated rings. The highest BCUT2D eigenvalue weighted by Gasteiger charge is 2.48. The van der Waals surface area contributed by atoms with Crippen LogP contribution >= 0.6 is 0 Å². The summed E-state index contributed by atoms with van der Waals surface area (Å²) in [6, 6.07) is 10.6. The molecule has 2 aromatic carbocycles. The number of ether oxygens (including phenoxy) is 3. The molecule has 2 aromatic heterocycles. The van der Waals surface area contributed by atoms with Gasteiger partial charge in [0.1, 0.15) is 30.7 Å². The quantitative estimate of drug-likeness (QED) is 0.198. The average molecular weight is 587 g/mol. The van der Waals surface area contributed by atoms with Crippen LogP contribution in [-0.2, 0) is 24.4 Å². The highest BCUT2D eigenvalue weighted by molar-refractivity contribution is 7.86. The number of carbonyl (C=O) groups excluding carboxylic acids is 2. The lowest BCUT2D eigenvalue weighted by atomic mass is 10.1. The SMILES string of the molecule is CNc1ccccc1C(=O)O[C@@H]1[C@H](O)[C@@H](COC(=O)c2ccc(S(=O)(=O)F)cc2)O[C@H]1n1cnc2c(N)ncnc21. The number of hydrogen-bond acceptors (Lipinski definition) is 13. The predicted octanol–water partition coefficient (Wildman–Crippen LogP) is 1.45. The van der Waals surface area contributed by atoms with E-state index in [0.717, 1.165) is 24.3 Å². The molecule has 1 aliphatic rings. The van der Waals surface area contributed by atoms with Gasteiger partial charge in [0.2, 0.25) is 0 Å². The number of rotatable bonds is 8. The number of anilines is 2. The van der Waals surface area contributed by atoms with Gasteiger partial charge in [-0.15, -0.1) is 3.89 Å².